The molecule has 2 N–H and O–H groups in total. The van der Waals surface area contributed by atoms with Gasteiger partial charge in [-0.1, -0.05) is 6.07 Å². The first kappa shape index (κ1) is 17.3. The standard InChI is InChI=1S/C20H27N3O3/c1-3-21-18(25)26-20-10-14-7-15(11-20)9-19(8-14,12-20)23-17(24)16-6-4-5-13(2)22-16/h4-6,14-15H,3,7-12H2,1-2H3,(H,21,25)(H,23,24). The second-order valence-corrected chi connectivity index (χ2v) is 8.46. The van der Waals surface area contributed by atoms with Gasteiger partial charge in [0.25, 0.3) is 5.91 Å². The van der Waals surface area contributed by atoms with Crippen molar-refractivity contribution in [1.82, 2.24) is 15.6 Å². The molecule has 2 unspecified atom stereocenters. The van der Waals surface area contributed by atoms with Gasteiger partial charge in [0.2, 0.25) is 0 Å². The van der Waals surface area contributed by atoms with Crippen molar-refractivity contribution in [2.24, 2.45) is 11.8 Å². The van der Waals surface area contributed by atoms with Crippen LogP contribution >= 0.6 is 0 Å². The molecule has 6 nitrogen and oxygen atoms in total. The van der Waals surface area contributed by atoms with Crippen LogP contribution in [0.2, 0.25) is 0 Å². The molecule has 1 aromatic heterocycles. The molecule has 4 aliphatic rings. The molecule has 0 aliphatic heterocycles. The molecular formula is C20H27N3O3. The Kier molecular flexibility index (Phi) is 4.16. The molecule has 0 spiro atoms. The van der Waals surface area contributed by atoms with Crippen molar-refractivity contribution in [1.29, 1.82) is 0 Å². The molecule has 4 saturated carbocycles. The third-order valence-electron chi connectivity index (χ3n) is 6.14. The maximum Gasteiger partial charge on any atom is 0.407 e. The number of carbonyl (C=O) groups excluding carboxylic acids is 2. The minimum Gasteiger partial charge on any atom is -0.443 e. The zero-order valence-electron chi connectivity index (χ0n) is 15.5. The van der Waals surface area contributed by atoms with Crippen molar-refractivity contribution >= 4 is 12.0 Å². The Balaban J connectivity index is 1.54. The van der Waals surface area contributed by atoms with Gasteiger partial charge in [-0.15, -0.1) is 0 Å². The van der Waals surface area contributed by atoms with E-state index in [1.54, 1.807) is 6.07 Å². The first-order valence-electron chi connectivity index (χ1n) is 9.64. The van der Waals surface area contributed by atoms with Crippen molar-refractivity contribution in [3.05, 3.63) is 29.6 Å². The van der Waals surface area contributed by atoms with Crippen molar-refractivity contribution in [2.45, 2.75) is 63.5 Å². The molecular weight excluding hydrogens is 330 g/mol. The number of amides is 2. The number of hydrogen-bond donors (Lipinski definition) is 2. The van der Waals surface area contributed by atoms with Crippen LogP contribution in [0.1, 0.15) is 61.6 Å². The van der Waals surface area contributed by atoms with Crippen LogP contribution in [-0.4, -0.2) is 34.7 Å². The molecule has 1 heterocycles. The van der Waals surface area contributed by atoms with Gasteiger partial charge in [0.1, 0.15) is 11.3 Å². The van der Waals surface area contributed by atoms with Crippen LogP contribution < -0.4 is 10.6 Å². The third-order valence-corrected chi connectivity index (χ3v) is 6.14. The first-order valence-corrected chi connectivity index (χ1v) is 9.64. The van der Waals surface area contributed by atoms with E-state index in [2.05, 4.69) is 15.6 Å². The van der Waals surface area contributed by atoms with E-state index in [4.69, 9.17) is 4.74 Å². The number of pyridine rings is 1. The zero-order chi connectivity index (χ0) is 18.4. The number of ether oxygens (including phenoxy) is 1. The highest BCUT2D eigenvalue weighted by Gasteiger charge is 2.60. The molecule has 5 rings (SSSR count). The van der Waals surface area contributed by atoms with Crippen LogP contribution in [0.4, 0.5) is 4.79 Å². The van der Waals surface area contributed by atoms with Gasteiger partial charge in [0.15, 0.2) is 0 Å². The predicted molar refractivity (Wildman–Crippen MR) is 96.7 cm³/mol. The Labute approximate surface area is 154 Å². The van der Waals surface area contributed by atoms with Crippen molar-refractivity contribution in [3.8, 4) is 0 Å². The molecule has 140 valence electrons. The van der Waals surface area contributed by atoms with Gasteiger partial charge in [0, 0.05) is 24.2 Å². The van der Waals surface area contributed by atoms with Crippen LogP contribution in [0.5, 0.6) is 0 Å². The van der Waals surface area contributed by atoms with Gasteiger partial charge in [-0.25, -0.2) is 9.78 Å². The second-order valence-electron chi connectivity index (χ2n) is 8.46. The number of nitrogens with one attached hydrogen (secondary N) is 2. The lowest BCUT2D eigenvalue weighted by Gasteiger charge is -2.61. The Bertz CT molecular complexity index is 719. The van der Waals surface area contributed by atoms with E-state index in [1.807, 2.05) is 26.0 Å². The maximum absolute atomic E-state index is 12.8. The monoisotopic (exact) mass is 357 g/mol. The van der Waals surface area contributed by atoms with Crippen molar-refractivity contribution in [3.63, 3.8) is 0 Å². The fraction of sp³-hybridized carbons (Fsp3) is 0.650. The van der Waals surface area contributed by atoms with Gasteiger partial charge >= 0.3 is 6.09 Å². The van der Waals surface area contributed by atoms with Gasteiger partial charge in [0.05, 0.1) is 0 Å². The Morgan fingerprint density at radius 1 is 1.23 bits per heavy atom. The highest BCUT2D eigenvalue weighted by molar-refractivity contribution is 5.92. The summed E-state index contributed by atoms with van der Waals surface area (Å²) < 4.78 is 5.91. The molecule has 2 amide bonds. The number of rotatable bonds is 4. The van der Waals surface area contributed by atoms with Crippen LogP contribution in [0.25, 0.3) is 0 Å². The fourth-order valence-electron chi connectivity index (χ4n) is 5.80. The lowest BCUT2D eigenvalue weighted by atomic mass is 9.51. The minimum atomic E-state index is -0.434. The van der Waals surface area contributed by atoms with Crippen molar-refractivity contribution in [2.75, 3.05) is 6.54 Å². The molecule has 0 aromatic carbocycles. The van der Waals surface area contributed by atoms with Crippen LogP contribution in [0.15, 0.2) is 18.2 Å². The Hall–Kier alpha value is -2.11. The third kappa shape index (κ3) is 3.17. The summed E-state index contributed by atoms with van der Waals surface area (Å²) in [6.45, 7) is 4.33. The number of nitrogens with zero attached hydrogens (tertiary/aromatic N) is 1. The normalized spacial score (nSPS) is 34.4. The van der Waals surface area contributed by atoms with E-state index >= 15 is 0 Å². The number of hydrogen-bond acceptors (Lipinski definition) is 4. The number of aromatic nitrogens is 1. The maximum atomic E-state index is 12.8. The van der Waals surface area contributed by atoms with Gasteiger partial charge in [-0.2, -0.15) is 0 Å². The summed E-state index contributed by atoms with van der Waals surface area (Å²) in [6.07, 6.45) is 5.34. The summed E-state index contributed by atoms with van der Waals surface area (Å²) in [6, 6.07) is 5.50. The smallest absolute Gasteiger partial charge is 0.407 e. The molecule has 4 aliphatic carbocycles. The summed E-state index contributed by atoms with van der Waals surface area (Å²) in [4.78, 5) is 29.3. The fourth-order valence-corrected chi connectivity index (χ4v) is 5.80. The average molecular weight is 357 g/mol. The summed E-state index contributed by atoms with van der Waals surface area (Å²) in [5.41, 5.74) is 0.578. The average Bonchev–Trinajstić information content (AvgIpc) is 2.52. The largest absolute Gasteiger partial charge is 0.443 e. The Morgan fingerprint density at radius 3 is 2.62 bits per heavy atom. The van der Waals surface area contributed by atoms with E-state index in [0.29, 0.717) is 30.5 Å². The van der Waals surface area contributed by atoms with Gasteiger partial charge in [-0.3, -0.25) is 4.79 Å². The van der Waals surface area contributed by atoms with Crippen LogP contribution in [0, 0.1) is 18.8 Å². The van der Waals surface area contributed by atoms with E-state index in [0.717, 1.165) is 31.4 Å². The highest BCUT2D eigenvalue weighted by Crippen LogP contribution is 2.58. The quantitative estimate of drug-likeness (QED) is 0.868. The summed E-state index contributed by atoms with van der Waals surface area (Å²) in [5, 5.41) is 6.03. The minimum absolute atomic E-state index is 0.121. The molecule has 6 heteroatoms. The van der Waals surface area contributed by atoms with E-state index in [-0.39, 0.29) is 17.5 Å². The molecule has 26 heavy (non-hydrogen) atoms. The summed E-state index contributed by atoms with van der Waals surface area (Å²) in [5.74, 6) is 0.900. The Morgan fingerprint density at radius 2 is 1.96 bits per heavy atom. The number of alkyl carbamates (subject to hydrolysis) is 1. The van der Waals surface area contributed by atoms with Crippen LogP contribution in [0.3, 0.4) is 0 Å². The molecule has 0 radical (unpaired) electrons. The SMILES string of the molecule is CCNC(=O)OC12CC3CC(CC(NC(=O)c4cccc(C)n4)(C3)C1)C2. The first-order chi connectivity index (χ1) is 12.4. The summed E-state index contributed by atoms with van der Waals surface area (Å²) >= 11 is 0. The zero-order valence-corrected chi connectivity index (χ0v) is 15.5. The summed E-state index contributed by atoms with van der Waals surface area (Å²) in [7, 11) is 0. The number of aryl methyl sites for hydroxylation is 1. The van der Waals surface area contributed by atoms with Crippen molar-refractivity contribution < 1.29 is 14.3 Å². The number of carbonyl (C=O) groups is 2. The molecule has 1 aromatic rings. The predicted octanol–water partition coefficient (Wildman–Crippen LogP) is 2.96. The molecule has 2 atom stereocenters. The second kappa shape index (κ2) is 6.25. The van der Waals surface area contributed by atoms with Gasteiger partial charge < -0.3 is 15.4 Å². The molecule has 4 fully saturated rings. The van der Waals surface area contributed by atoms with E-state index in [9.17, 15) is 9.59 Å². The van der Waals surface area contributed by atoms with E-state index in [1.165, 1.54) is 6.42 Å². The molecule has 0 saturated heterocycles. The van der Waals surface area contributed by atoms with E-state index < -0.39 is 5.60 Å². The lowest BCUT2D eigenvalue weighted by Crippen LogP contribution is -2.66. The topological polar surface area (TPSA) is 80.3 Å². The molecule has 4 bridgehead atoms. The highest BCUT2D eigenvalue weighted by atomic mass is 16.6. The van der Waals surface area contributed by atoms with Crippen LogP contribution in [-0.2, 0) is 4.74 Å². The lowest BCUT2D eigenvalue weighted by molar-refractivity contribution is -0.141. The van der Waals surface area contributed by atoms with Gasteiger partial charge in [-0.05, 0) is 69.9 Å².